The molecule has 1 fully saturated rings. The number of nitrogens with zero attached hydrogens (tertiary/aromatic N) is 3. The summed E-state index contributed by atoms with van der Waals surface area (Å²) in [7, 11) is 0. The molecule has 33 heavy (non-hydrogen) atoms. The van der Waals surface area contributed by atoms with Gasteiger partial charge in [0.2, 0.25) is 5.91 Å². The zero-order chi connectivity index (χ0) is 22.5. The molecule has 0 spiro atoms. The number of furan rings is 1. The van der Waals surface area contributed by atoms with Crippen LogP contribution >= 0.6 is 11.8 Å². The Hall–Kier alpha value is -3.90. The summed E-state index contributed by atoms with van der Waals surface area (Å²) in [6, 6.07) is 33.2. The van der Waals surface area contributed by atoms with E-state index in [0.717, 1.165) is 22.6 Å². The molecule has 1 aliphatic heterocycles. The summed E-state index contributed by atoms with van der Waals surface area (Å²) in [4.78, 5) is 14.9. The van der Waals surface area contributed by atoms with Crippen molar-refractivity contribution in [3.05, 3.63) is 114 Å². The fourth-order valence-corrected chi connectivity index (χ4v) is 4.76. The third-order valence-electron chi connectivity index (χ3n) is 5.23. The number of para-hydroxylation sites is 1. The average Bonchev–Trinajstić information content (AvgIpc) is 3.46. The zero-order valence-corrected chi connectivity index (χ0v) is 18.6. The lowest BCUT2D eigenvalue weighted by molar-refractivity contribution is -0.116. The molecular weight excluding hydrogens is 430 g/mol. The van der Waals surface area contributed by atoms with Crippen LogP contribution in [0.4, 0.5) is 5.69 Å². The summed E-state index contributed by atoms with van der Waals surface area (Å²) < 4.78 is 5.86. The molecule has 1 saturated heterocycles. The molecule has 2 heterocycles. The lowest BCUT2D eigenvalue weighted by atomic mass is 10.1. The molecule has 6 heteroatoms. The van der Waals surface area contributed by atoms with E-state index in [0.29, 0.717) is 17.3 Å². The third kappa shape index (κ3) is 4.81. The first-order chi connectivity index (χ1) is 16.3. The van der Waals surface area contributed by atoms with Crippen LogP contribution in [0.3, 0.4) is 0 Å². The van der Waals surface area contributed by atoms with Crippen molar-refractivity contribution >= 4 is 34.7 Å². The minimum atomic E-state index is -0.255. The number of amidine groups is 1. The van der Waals surface area contributed by atoms with Gasteiger partial charge in [-0.3, -0.25) is 9.69 Å². The van der Waals surface area contributed by atoms with Gasteiger partial charge in [0.15, 0.2) is 5.17 Å². The van der Waals surface area contributed by atoms with Crippen LogP contribution in [-0.2, 0) is 11.2 Å². The standard InChI is InChI=1S/C27H21N3O2S/c31-26-25(18-20-10-4-1-5-11-20)33-27(30(26)22-14-8-3-9-15-22)29-28-19-23-16-17-24(32-23)21-12-6-2-7-13-21/h1-17,19,25H,18H2/b28-19-,29-27-/t25-/m1/s1. The van der Waals surface area contributed by atoms with Crippen molar-refractivity contribution in [1.29, 1.82) is 0 Å². The van der Waals surface area contributed by atoms with Crippen molar-refractivity contribution in [3.63, 3.8) is 0 Å². The van der Waals surface area contributed by atoms with E-state index >= 15 is 0 Å². The van der Waals surface area contributed by atoms with E-state index in [1.54, 1.807) is 11.1 Å². The molecule has 5 rings (SSSR count). The van der Waals surface area contributed by atoms with Gasteiger partial charge >= 0.3 is 0 Å². The van der Waals surface area contributed by atoms with E-state index in [4.69, 9.17) is 4.42 Å². The van der Waals surface area contributed by atoms with E-state index in [2.05, 4.69) is 10.2 Å². The highest BCUT2D eigenvalue weighted by molar-refractivity contribution is 8.16. The predicted octanol–water partition coefficient (Wildman–Crippen LogP) is 6.03. The van der Waals surface area contributed by atoms with Crippen LogP contribution in [0.25, 0.3) is 11.3 Å². The van der Waals surface area contributed by atoms with Crippen LogP contribution in [0, 0.1) is 0 Å². The summed E-state index contributed by atoms with van der Waals surface area (Å²) in [5, 5.41) is 8.93. The summed E-state index contributed by atoms with van der Waals surface area (Å²) in [6.07, 6.45) is 2.20. The highest BCUT2D eigenvalue weighted by atomic mass is 32.2. The van der Waals surface area contributed by atoms with E-state index in [-0.39, 0.29) is 11.2 Å². The number of hydrogen-bond acceptors (Lipinski definition) is 5. The fourth-order valence-electron chi connectivity index (χ4n) is 3.62. The highest BCUT2D eigenvalue weighted by Gasteiger charge is 2.39. The van der Waals surface area contributed by atoms with Crippen molar-refractivity contribution in [2.45, 2.75) is 11.7 Å². The Kier molecular flexibility index (Phi) is 6.17. The fraction of sp³-hybridized carbons (Fsp3) is 0.0741. The predicted molar refractivity (Wildman–Crippen MR) is 135 cm³/mol. The molecule has 0 saturated carbocycles. The van der Waals surface area contributed by atoms with Crippen LogP contribution in [0.2, 0.25) is 0 Å². The van der Waals surface area contributed by atoms with Crippen LogP contribution in [0.5, 0.6) is 0 Å². The Morgan fingerprint density at radius 1 is 0.848 bits per heavy atom. The van der Waals surface area contributed by atoms with Crippen molar-refractivity contribution in [2.75, 3.05) is 4.90 Å². The van der Waals surface area contributed by atoms with Gasteiger partial charge in [-0.25, -0.2) is 0 Å². The van der Waals surface area contributed by atoms with E-state index in [9.17, 15) is 4.79 Å². The highest BCUT2D eigenvalue weighted by Crippen LogP contribution is 2.34. The van der Waals surface area contributed by atoms with Crippen molar-refractivity contribution < 1.29 is 9.21 Å². The second-order valence-electron chi connectivity index (χ2n) is 7.50. The Morgan fingerprint density at radius 2 is 1.52 bits per heavy atom. The SMILES string of the molecule is O=C1[C@@H](Cc2ccccc2)S/C(=N\N=C/c2ccc(-c3ccccc3)o2)N1c1ccccc1. The smallest absolute Gasteiger partial charge is 0.247 e. The summed E-state index contributed by atoms with van der Waals surface area (Å²) in [6.45, 7) is 0. The molecule has 0 radical (unpaired) electrons. The van der Waals surface area contributed by atoms with Crippen molar-refractivity contribution in [2.24, 2.45) is 10.2 Å². The summed E-state index contributed by atoms with van der Waals surface area (Å²) in [5.41, 5.74) is 2.90. The molecule has 4 aromatic rings. The average molecular weight is 452 g/mol. The lowest BCUT2D eigenvalue weighted by Gasteiger charge is -2.15. The molecule has 0 bridgehead atoms. The molecule has 0 unspecified atom stereocenters. The number of thioether (sulfide) groups is 1. The minimum Gasteiger partial charge on any atom is -0.455 e. The Labute approximate surface area is 196 Å². The number of amides is 1. The van der Waals surface area contributed by atoms with Gasteiger partial charge in [0.05, 0.1) is 17.2 Å². The number of benzene rings is 3. The Balaban J connectivity index is 1.38. The Bertz CT molecular complexity index is 1280. The molecule has 3 aromatic carbocycles. The van der Waals surface area contributed by atoms with Gasteiger partial charge < -0.3 is 4.42 Å². The van der Waals surface area contributed by atoms with Gasteiger partial charge in [0.1, 0.15) is 11.5 Å². The van der Waals surface area contributed by atoms with Crippen molar-refractivity contribution in [1.82, 2.24) is 0 Å². The number of hydrogen-bond donors (Lipinski definition) is 0. The molecule has 1 aliphatic rings. The van der Waals surface area contributed by atoms with Gasteiger partial charge in [-0.05, 0) is 36.2 Å². The van der Waals surface area contributed by atoms with Gasteiger partial charge in [0, 0.05) is 5.56 Å². The maximum Gasteiger partial charge on any atom is 0.247 e. The lowest BCUT2D eigenvalue weighted by Crippen LogP contribution is -2.32. The molecule has 1 aromatic heterocycles. The van der Waals surface area contributed by atoms with E-state index in [1.165, 1.54) is 11.8 Å². The molecule has 0 aliphatic carbocycles. The van der Waals surface area contributed by atoms with Crippen LogP contribution in [-0.4, -0.2) is 22.5 Å². The Morgan fingerprint density at radius 3 is 2.24 bits per heavy atom. The van der Waals surface area contributed by atoms with Gasteiger partial charge in [-0.15, -0.1) is 5.10 Å². The van der Waals surface area contributed by atoms with Gasteiger partial charge in [0.25, 0.3) is 0 Å². The monoisotopic (exact) mass is 451 g/mol. The summed E-state index contributed by atoms with van der Waals surface area (Å²) in [5.74, 6) is 1.37. The zero-order valence-electron chi connectivity index (χ0n) is 17.7. The van der Waals surface area contributed by atoms with E-state index in [1.807, 2.05) is 103 Å². The second kappa shape index (κ2) is 9.71. The van der Waals surface area contributed by atoms with Gasteiger partial charge in [-0.2, -0.15) is 5.10 Å². The maximum atomic E-state index is 13.3. The van der Waals surface area contributed by atoms with Crippen LogP contribution in [0.1, 0.15) is 11.3 Å². The topological polar surface area (TPSA) is 58.2 Å². The number of rotatable bonds is 6. The summed E-state index contributed by atoms with van der Waals surface area (Å²) >= 11 is 1.44. The molecule has 162 valence electrons. The van der Waals surface area contributed by atoms with Crippen LogP contribution in [0.15, 0.2) is 118 Å². The molecule has 1 amide bonds. The van der Waals surface area contributed by atoms with Crippen molar-refractivity contribution in [3.8, 4) is 11.3 Å². The van der Waals surface area contributed by atoms with E-state index < -0.39 is 0 Å². The normalized spacial score (nSPS) is 17.3. The molecule has 1 atom stereocenters. The third-order valence-corrected chi connectivity index (χ3v) is 6.35. The molecule has 0 N–H and O–H groups in total. The largest absolute Gasteiger partial charge is 0.455 e. The van der Waals surface area contributed by atoms with Crippen LogP contribution < -0.4 is 4.90 Å². The molecular formula is C27H21N3O2S. The quantitative estimate of drug-likeness (QED) is 0.266. The number of carbonyl (C=O) groups excluding carboxylic acids is 1. The number of carbonyl (C=O) groups is 1. The first kappa shape index (κ1) is 21.0. The minimum absolute atomic E-state index is 0.00775. The molecule has 5 nitrogen and oxygen atoms in total. The maximum absolute atomic E-state index is 13.3. The van der Waals surface area contributed by atoms with Gasteiger partial charge in [-0.1, -0.05) is 90.6 Å². The first-order valence-corrected chi connectivity index (χ1v) is 11.5. The number of anilines is 1. The second-order valence-corrected chi connectivity index (χ2v) is 8.67. The first-order valence-electron chi connectivity index (χ1n) is 10.6.